The summed E-state index contributed by atoms with van der Waals surface area (Å²) in [7, 11) is 1.56. The van der Waals surface area contributed by atoms with Crippen molar-refractivity contribution in [2.24, 2.45) is 0 Å². The number of hydrogen-bond donors (Lipinski definition) is 0. The van der Waals surface area contributed by atoms with Crippen molar-refractivity contribution >= 4 is 11.9 Å². The van der Waals surface area contributed by atoms with Crippen molar-refractivity contribution in [3.05, 3.63) is 0 Å². The summed E-state index contributed by atoms with van der Waals surface area (Å²) in [6.07, 6.45) is 15.1. The van der Waals surface area contributed by atoms with Crippen molar-refractivity contribution in [2.45, 2.75) is 96.8 Å². The molecule has 0 saturated heterocycles. The standard InChI is InChI=1S/C21H40O5/c1-3-4-5-6-7-8-9-10-11-12-13-17-25-20(22)15-14-16-21(23)26-19-18-24-2/h3-19H2,1-2H3. The topological polar surface area (TPSA) is 61.8 Å². The predicted octanol–water partition coefficient (Wildman–Crippen LogP) is 5.20. The average Bonchev–Trinajstić information content (AvgIpc) is 2.63. The first-order valence-corrected chi connectivity index (χ1v) is 10.5. The molecule has 0 aromatic rings. The third kappa shape index (κ3) is 19.2. The van der Waals surface area contributed by atoms with Gasteiger partial charge in [-0.05, 0) is 12.8 Å². The summed E-state index contributed by atoms with van der Waals surface area (Å²) in [5.74, 6) is -0.512. The lowest BCUT2D eigenvalue weighted by Gasteiger charge is -2.06. The zero-order chi connectivity index (χ0) is 19.3. The monoisotopic (exact) mass is 372 g/mol. The van der Waals surface area contributed by atoms with Gasteiger partial charge in [0.25, 0.3) is 0 Å². The Balaban J connectivity index is 3.25. The Morgan fingerprint density at radius 1 is 0.577 bits per heavy atom. The van der Waals surface area contributed by atoms with E-state index in [1.54, 1.807) is 7.11 Å². The number of carbonyl (C=O) groups excluding carboxylic acids is 2. The second-order valence-electron chi connectivity index (χ2n) is 6.82. The third-order valence-corrected chi connectivity index (χ3v) is 4.32. The van der Waals surface area contributed by atoms with E-state index in [1.165, 1.54) is 57.8 Å². The van der Waals surface area contributed by atoms with E-state index in [0.29, 0.717) is 19.6 Å². The second-order valence-corrected chi connectivity index (χ2v) is 6.82. The highest BCUT2D eigenvalue weighted by Crippen LogP contribution is 2.11. The second kappa shape index (κ2) is 20.2. The molecule has 0 N–H and O–H groups in total. The maximum absolute atomic E-state index is 11.6. The number of hydrogen-bond acceptors (Lipinski definition) is 5. The van der Waals surface area contributed by atoms with Crippen LogP contribution < -0.4 is 0 Å². The number of ether oxygens (including phenoxy) is 3. The largest absolute Gasteiger partial charge is 0.466 e. The predicted molar refractivity (Wildman–Crippen MR) is 104 cm³/mol. The molecule has 0 amide bonds. The van der Waals surface area contributed by atoms with Crippen LogP contribution in [0, 0.1) is 0 Å². The Kier molecular flexibility index (Phi) is 19.4. The highest BCUT2D eigenvalue weighted by molar-refractivity contribution is 5.72. The van der Waals surface area contributed by atoms with Gasteiger partial charge in [0.1, 0.15) is 6.61 Å². The SMILES string of the molecule is CCCCCCCCCCCCCOC(=O)CCCC(=O)OCCOC. The minimum Gasteiger partial charge on any atom is -0.466 e. The molecule has 0 bridgehead atoms. The zero-order valence-corrected chi connectivity index (χ0v) is 17.1. The van der Waals surface area contributed by atoms with E-state index in [-0.39, 0.29) is 31.4 Å². The van der Waals surface area contributed by atoms with Crippen LogP contribution in [0.15, 0.2) is 0 Å². The molecule has 0 aliphatic rings. The minimum absolute atomic E-state index is 0.221. The number of unbranched alkanes of at least 4 members (excludes halogenated alkanes) is 10. The fourth-order valence-corrected chi connectivity index (χ4v) is 2.71. The van der Waals surface area contributed by atoms with E-state index in [2.05, 4.69) is 6.92 Å². The highest BCUT2D eigenvalue weighted by atomic mass is 16.6. The van der Waals surface area contributed by atoms with Crippen LogP contribution in [0.1, 0.15) is 96.8 Å². The van der Waals surface area contributed by atoms with Gasteiger partial charge in [-0.25, -0.2) is 0 Å². The maximum Gasteiger partial charge on any atom is 0.305 e. The molecular formula is C21H40O5. The smallest absolute Gasteiger partial charge is 0.305 e. The highest BCUT2D eigenvalue weighted by Gasteiger charge is 2.07. The molecule has 0 radical (unpaired) electrons. The quantitative estimate of drug-likeness (QED) is 0.230. The fraction of sp³-hybridized carbons (Fsp3) is 0.905. The molecule has 0 unspecified atom stereocenters. The number of methoxy groups -OCH3 is 1. The minimum atomic E-state index is -0.291. The van der Waals surface area contributed by atoms with Gasteiger partial charge in [-0.1, -0.05) is 71.1 Å². The van der Waals surface area contributed by atoms with Crippen molar-refractivity contribution in [3.63, 3.8) is 0 Å². The van der Waals surface area contributed by atoms with E-state index < -0.39 is 0 Å². The van der Waals surface area contributed by atoms with Crippen molar-refractivity contribution in [1.82, 2.24) is 0 Å². The molecular weight excluding hydrogens is 332 g/mol. The lowest BCUT2D eigenvalue weighted by molar-refractivity contribution is -0.146. The van der Waals surface area contributed by atoms with Gasteiger partial charge in [0, 0.05) is 20.0 Å². The molecule has 5 heteroatoms. The van der Waals surface area contributed by atoms with Gasteiger partial charge in [0.15, 0.2) is 0 Å². The van der Waals surface area contributed by atoms with Crippen LogP contribution in [0.4, 0.5) is 0 Å². The Morgan fingerprint density at radius 2 is 1.04 bits per heavy atom. The van der Waals surface area contributed by atoms with Gasteiger partial charge >= 0.3 is 11.9 Å². The number of esters is 2. The molecule has 0 aromatic heterocycles. The van der Waals surface area contributed by atoms with E-state index >= 15 is 0 Å². The van der Waals surface area contributed by atoms with Crippen LogP contribution in [0.2, 0.25) is 0 Å². The Morgan fingerprint density at radius 3 is 1.54 bits per heavy atom. The number of carbonyl (C=O) groups is 2. The first kappa shape index (κ1) is 24.9. The van der Waals surface area contributed by atoms with Crippen molar-refractivity contribution in [1.29, 1.82) is 0 Å². The molecule has 154 valence electrons. The van der Waals surface area contributed by atoms with Gasteiger partial charge in [0.2, 0.25) is 0 Å². The average molecular weight is 373 g/mol. The summed E-state index contributed by atoms with van der Waals surface area (Å²) in [5, 5.41) is 0. The Hall–Kier alpha value is -1.10. The van der Waals surface area contributed by atoms with E-state index in [1.807, 2.05) is 0 Å². The summed E-state index contributed by atoms with van der Waals surface area (Å²) in [4.78, 5) is 22.9. The van der Waals surface area contributed by atoms with Crippen molar-refractivity contribution in [2.75, 3.05) is 26.9 Å². The van der Waals surface area contributed by atoms with Gasteiger partial charge in [-0.2, -0.15) is 0 Å². The molecule has 0 fully saturated rings. The molecule has 0 aliphatic carbocycles. The molecule has 0 atom stereocenters. The van der Waals surface area contributed by atoms with E-state index in [0.717, 1.165) is 12.8 Å². The molecule has 0 aliphatic heterocycles. The van der Waals surface area contributed by atoms with Gasteiger partial charge in [0.05, 0.1) is 13.2 Å². The summed E-state index contributed by atoms with van der Waals surface area (Å²) in [6.45, 7) is 3.40. The molecule has 5 nitrogen and oxygen atoms in total. The first-order valence-electron chi connectivity index (χ1n) is 10.5. The van der Waals surface area contributed by atoms with Gasteiger partial charge in [-0.3, -0.25) is 9.59 Å². The van der Waals surface area contributed by atoms with Crippen LogP contribution in [-0.2, 0) is 23.8 Å². The summed E-state index contributed by atoms with van der Waals surface area (Å²) < 4.78 is 14.9. The lowest BCUT2D eigenvalue weighted by atomic mass is 10.1. The van der Waals surface area contributed by atoms with Crippen LogP contribution in [0.25, 0.3) is 0 Å². The lowest BCUT2D eigenvalue weighted by Crippen LogP contribution is -2.11. The summed E-state index contributed by atoms with van der Waals surface area (Å²) in [6, 6.07) is 0. The molecule has 0 aromatic carbocycles. The molecule has 0 spiro atoms. The Labute approximate surface area is 160 Å². The summed E-state index contributed by atoms with van der Waals surface area (Å²) in [5.41, 5.74) is 0. The van der Waals surface area contributed by atoms with Gasteiger partial charge < -0.3 is 14.2 Å². The zero-order valence-electron chi connectivity index (χ0n) is 17.1. The third-order valence-electron chi connectivity index (χ3n) is 4.32. The first-order chi connectivity index (χ1) is 12.7. The van der Waals surface area contributed by atoms with Crippen molar-refractivity contribution < 1.29 is 23.8 Å². The van der Waals surface area contributed by atoms with E-state index in [9.17, 15) is 9.59 Å². The van der Waals surface area contributed by atoms with Crippen molar-refractivity contribution in [3.8, 4) is 0 Å². The van der Waals surface area contributed by atoms with Crippen LogP contribution in [0.3, 0.4) is 0 Å². The van der Waals surface area contributed by atoms with Crippen LogP contribution in [-0.4, -0.2) is 38.9 Å². The Bertz CT molecular complexity index is 330. The number of rotatable bonds is 19. The molecule has 0 heterocycles. The fourth-order valence-electron chi connectivity index (χ4n) is 2.71. The van der Waals surface area contributed by atoms with E-state index in [4.69, 9.17) is 14.2 Å². The van der Waals surface area contributed by atoms with Crippen LogP contribution in [0.5, 0.6) is 0 Å². The molecule has 26 heavy (non-hydrogen) atoms. The summed E-state index contributed by atoms with van der Waals surface area (Å²) >= 11 is 0. The van der Waals surface area contributed by atoms with Crippen LogP contribution >= 0.6 is 0 Å². The molecule has 0 rings (SSSR count). The molecule has 0 saturated carbocycles. The normalized spacial score (nSPS) is 10.7. The van der Waals surface area contributed by atoms with Gasteiger partial charge in [-0.15, -0.1) is 0 Å². The maximum atomic E-state index is 11.6.